The van der Waals surface area contributed by atoms with Crippen molar-refractivity contribution in [2.45, 2.75) is 38.8 Å². The summed E-state index contributed by atoms with van der Waals surface area (Å²) in [5, 5.41) is 0.753. The van der Waals surface area contributed by atoms with Crippen molar-refractivity contribution in [2.24, 2.45) is 0 Å². The van der Waals surface area contributed by atoms with Crippen molar-refractivity contribution in [3.63, 3.8) is 0 Å². The molecule has 5 nitrogen and oxygen atoms in total. The number of aromatic nitrogens is 2. The highest BCUT2D eigenvalue weighted by Gasteiger charge is 2.12. The molecule has 1 aromatic carbocycles. The number of halogens is 1. The maximum absolute atomic E-state index is 6.24. The Balaban J connectivity index is 1.60. The maximum atomic E-state index is 6.24. The van der Waals surface area contributed by atoms with Crippen LogP contribution in [0.1, 0.15) is 36.2 Å². The first-order chi connectivity index (χ1) is 13.6. The van der Waals surface area contributed by atoms with Crippen molar-refractivity contribution in [1.82, 2.24) is 19.4 Å². The van der Waals surface area contributed by atoms with Crippen LogP contribution < -0.4 is 0 Å². The Kier molecular flexibility index (Phi) is 8.34. The summed E-state index contributed by atoms with van der Waals surface area (Å²) in [7, 11) is 4.11. The highest BCUT2D eigenvalue weighted by atomic mass is 35.5. The summed E-state index contributed by atoms with van der Waals surface area (Å²) in [5.41, 5.74) is 2.39. The lowest BCUT2D eigenvalue weighted by molar-refractivity contribution is 0.105. The van der Waals surface area contributed by atoms with E-state index in [1.165, 1.54) is 37.9 Å². The van der Waals surface area contributed by atoms with Crippen molar-refractivity contribution in [2.75, 3.05) is 46.9 Å². The molecule has 0 aliphatic carbocycles. The third kappa shape index (κ3) is 6.59. The molecule has 28 heavy (non-hydrogen) atoms. The van der Waals surface area contributed by atoms with Gasteiger partial charge in [0.25, 0.3) is 0 Å². The molecule has 1 aromatic heterocycles. The number of hydrogen-bond donors (Lipinski definition) is 0. The first-order valence-corrected chi connectivity index (χ1v) is 10.7. The van der Waals surface area contributed by atoms with Gasteiger partial charge in [-0.1, -0.05) is 24.1 Å². The molecule has 1 fully saturated rings. The van der Waals surface area contributed by atoms with E-state index in [1.807, 2.05) is 18.3 Å². The monoisotopic (exact) mass is 404 g/mol. The third-order valence-electron chi connectivity index (χ3n) is 5.36. The van der Waals surface area contributed by atoms with Crippen LogP contribution in [-0.4, -0.2) is 66.2 Å². The zero-order valence-electron chi connectivity index (χ0n) is 17.2. The second-order valence-corrected chi connectivity index (χ2v) is 8.32. The fourth-order valence-corrected chi connectivity index (χ4v) is 3.84. The van der Waals surface area contributed by atoms with E-state index in [4.69, 9.17) is 16.3 Å². The fourth-order valence-electron chi connectivity index (χ4n) is 3.64. The quantitative estimate of drug-likeness (QED) is 0.565. The molecule has 6 heteroatoms. The molecular formula is C22H33ClN4O. The molecule has 1 aliphatic rings. The molecule has 0 bridgehead atoms. The van der Waals surface area contributed by atoms with Gasteiger partial charge >= 0.3 is 0 Å². The van der Waals surface area contributed by atoms with E-state index in [9.17, 15) is 0 Å². The van der Waals surface area contributed by atoms with Gasteiger partial charge in [-0.15, -0.1) is 0 Å². The summed E-state index contributed by atoms with van der Waals surface area (Å²) in [6, 6.07) is 6.09. The third-order valence-corrected chi connectivity index (χ3v) is 5.60. The van der Waals surface area contributed by atoms with E-state index < -0.39 is 0 Å². The summed E-state index contributed by atoms with van der Waals surface area (Å²) < 4.78 is 8.16. The molecular weight excluding hydrogens is 372 g/mol. The Hall–Kier alpha value is -1.40. The largest absolute Gasteiger partial charge is 0.375 e. The van der Waals surface area contributed by atoms with E-state index >= 15 is 0 Å². The molecule has 0 saturated carbocycles. The average molecular weight is 405 g/mol. The van der Waals surface area contributed by atoms with Crippen LogP contribution in [0.5, 0.6) is 0 Å². The summed E-state index contributed by atoms with van der Waals surface area (Å²) >= 11 is 6.24. The standard InChI is InChI=1S/C22H33ClN4O/c1-25(2)14-15-28-18-20-16-21(23)7-6-19(20)17-22-24-8-11-27(22)13-12-26-9-4-3-5-10-26/h6-8,11,16H,3-5,9-10,12-15,17-18H2,1-2H3. The van der Waals surface area contributed by atoms with E-state index in [0.717, 1.165) is 42.5 Å². The summed E-state index contributed by atoms with van der Waals surface area (Å²) in [4.78, 5) is 9.31. The SMILES string of the molecule is CN(C)CCOCc1cc(Cl)ccc1Cc1nccn1CCN1CCCCC1. The van der Waals surface area contributed by atoms with Crippen molar-refractivity contribution >= 4 is 11.6 Å². The molecule has 0 radical (unpaired) electrons. The Morgan fingerprint density at radius 1 is 1.11 bits per heavy atom. The molecule has 3 rings (SSSR count). The Morgan fingerprint density at radius 2 is 1.93 bits per heavy atom. The molecule has 0 unspecified atom stereocenters. The number of hydrogen-bond acceptors (Lipinski definition) is 4. The summed E-state index contributed by atoms with van der Waals surface area (Å²) in [5.74, 6) is 1.11. The second-order valence-electron chi connectivity index (χ2n) is 7.88. The lowest BCUT2D eigenvalue weighted by Crippen LogP contribution is -2.32. The molecule has 2 aromatic rings. The van der Waals surface area contributed by atoms with Gasteiger partial charge in [0.05, 0.1) is 13.2 Å². The van der Waals surface area contributed by atoms with Gasteiger partial charge in [-0.3, -0.25) is 0 Å². The van der Waals surface area contributed by atoms with Gasteiger partial charge in [-0.05, 0) is 63.3 Å². The van der Waals surface area contributed by atoms with Crippen LogP contribution in [0.3, 0.4) is 0 Å². The summed E-state index contributed by atoms with van der Waals surface area (Å²) in [6.07, 6.45) is 8.86. The highest BCUT2D eigenvalue weighted by Crippen LogP contribution is 2.20. The number of benzene rings is 1. The van der Waals surface area contributed by atoms with E-state index in [1.54, 1.807) is 0 Å². The van der Waals surface area contributed by atoms with E-state index in [2.05, 4.69) is 45.7 Å². The van der Waals surface area contributed by atoms with Crippen LogP contribution in [0.25, 0.3) is 0 Å². The second kappa shape index (κ2) is 11.0. The predicted molar refractivity (Wildman–Crippen MR) is 115 cm³/mol. The predicted octanol–water partition coefficient (Wildman–Crippen LogP) is 3.69. The molecule has 0 atom stereocenters. The lowest BCUT2D eigenvalue weighted by Gasteiger charge is -2.26. The smallest absolute Gasteiger partial charge is 0.113 e. The Labute approximate surface area is 174 Å². The number of likely N-dealkylation sites (N-methyl/N-ethyl adjacent to an activating group) is 1. The first-order valence-electron chi connectivity index (χ1n) is 10.3. The van der Waals surface area contributed by atoms with Crippen LogP contribution in [0, 0.1) is 0 Å². The van der Waals surface area contributed by atoms with Crippen molar-refractivity contribution in [3.05, 3.63) is 52.6 Å². The Bertz CT molecular complexity index is 725. The summed E-state index contributed by atoms with van der Waals surface area (Å²) in [6.45, 7) is 6.77. The van der Waals surface area contributed by atoms with Crippen molar-refractivity contribution in [1.29, 1.82) is 0 Å². The number of piperidine rings is 1. The number of nitrogens with zero attached hydrogens (tertiary/aromatic N) is 4. The zero-order chi connectivity index (χ0) is 19.8. The first kappa shape index (κ1) is 21.3. The number of imidazole rings is 1. The number of rotatable bonds is 10. The van der Waals surface area contributed by atoms with Gasteiger partial charge < -0.3 is 19.1 Å². The Morgan fingerprint density at radius 3 is 2.71 bits per heavy atom. The van der Waals surface area contributed by atoms with Crippen molar-refractivity contribution < 1.29 is 4.74 Å². The highest BCUT2D eigenvalue weighted by molar-refractivity contribution is 6.30. The van der Waals surface area contributed by atoms with E-state index in [0.29, 0.717) is 13.2 Å². The number of likely N-dealkylation sites (tertiary alicyclic amines) is 1. The molecule has 1 saturated heterocycles. The maximum Gasteiger partial charge on any atom is 0.113 e. The van der Waals surface area contributed by atoms with E-state index in [-0.39, 0.29) is 0 Å². The minimum atomic E-state index is 0.582. The normalized spacial score (nSPS) is 15.4. The van der Waals surface area contributed by atoms with Gasteiger partial charge in [0.2, 0.25) is 0 Å². The molecule has 1 aliphatic heterocycles. The fraction of sp³-hybridized carbons (Fsp3) is 0.591. The molecule has 0 spiro atoms. The van der Waals surface area contributed by atoms with Crippen LogP contribution in [0.2, 0.25) is 5.02 Å². The van der Waals surface area contributed by atoms with Crippen molar-refractivity contribution in [3.8, 4) is 0 Å². The zero-order valence-corrected chi connectivity index (χ0v) is 18.0. The average Bonchev–Trinajstić information content (AvgIpc) is 3.13. The van der Waals surface area contributed by atoms with Gasteiger partial charge in [-0.2, -0.15) is 0 Å². The van der Waals surface area contributed by atoms with Crippen LogP contribution in [0.4, 0.5) is 0 Å². The molecule has 0 N–H and O–H groups in total. The van der Waals surface area contributed by atoms with Gasteiger partial charge in [0.1, 0.15) is 5.82 Å². The minimum absolute atomic E-state index is 0.582. The van der Waals surface area contributed by atoms with Crippen LogP contribution in [-0.2, 0) is 24.3 Å². The molecule has 154 valence electrons. The molecule has 2 heterocycles. The topological polar surface area (TPSA) is 33.5 Å². The van der Waals surface area contributed by atoms with Crippen LogP contribution in [0.15, 0.2) is 30.6 Å². The number of ether oxygens (including phenoxy) is 1. The lowest BCUT2D eigenvalue weighted by atomic mass is 10.0. The van der Waals surface area contributed by atoms with Crippen LogP contribution >= 0.6 is 11.6 Å². The minimum Gasteiger partial charge on any atom is -0.375 e. The molecule has 0 amide bonds. The van der Waals surface area contributed by atoms with Gasteiger partial charge in [0.15, 0.2) is 0 Å². The van der Waals surface area contributed by atoms with Gasteiger partial charge in [0, 0.05) is 43.5 Å². The van der Waals surface area contributed by atoms with Gasteiger partial charge in [-0.25, -0.2) is 4.98 Å².